The highest BCUT2D eigenvalue weighted by molar-refractivity contribution is 5.83. The van der Waals surface area contributed by atoms with Gasteiger partial charge in [0, 0.05) is 6.04 Å². The van der Waals surface area contributed by atoms with Crippen LogP contribution in [0.2, 0.25) is 0 Å². The minimum atomic E-state index is -0.395. The van der Waals surface area contributed by atoms with Gasteiger partial charge in [-0.15, -0.1) is 0 Å². The van der Waals surface area contributed by atoms with Crippen LogP contribution >= 0.6 is 0 Å². The van der Waals surface area contributed by atoms with Crippen LogP contribution in [0.4, 0.5) is 0 Å². The van der Waals surface area contributed by atoms with Gasteiger partial charge in [-0.05, 0) is 30.7 Å². The van der Waals surface area contributed by atoms with Gasteiger partial charge in [-0.25, -0.2) is 0 Å². The van der Waals surface area contributed by atoms with Gasteiger partial charge >= 0.3 is 0 Å². The second-order valence-corrected chi connectivity index (χ2v) is 6.08. The lowest BCUT2D eigenvalue weighted by Gasteiger charge is -2.34. The average Bonchev–Trinajstić information content (AvgIpc) is 3.28. The van der Waals surface area contributed by atoms with E-state index >= 15 is 0 Å². The fraction of sp³-hybridized carbons (Fsp3) is 0.588. The van der Waals surface area contributed by atoms with Crippen molar-refractivity contribution in [1.29, 1.82) is 0 Å². The van der Waals surface area contributed by atoms with E-state index in [4.69, 9.17) is 5.73 Å². The van der Waals surface area contributed by atoms with Crippen molar-refractivity contribution in [3.63, 3.8) is 0 Å². The molecule has 1 fully saturated rings. The normalized spacial score (nSPS) is 17.9. The van der Waals surface area contributed by atoms with Gasteiger partial charge < -0.3 is 10.6 Å². The molecule has 0 aromatic heterocycles. The Balaban J connectivity index is 2.25. The first kappa shape index (κ1) is 15.0. The predicted octanol–water partition coefficient (Wildman–Crippen LogP) is 3.11. The van der Waals surface area contributed by atoms with E-state index in [9.17, 15) is 4.79 Å². The number of hydrogen-bond acceptors (Lipinski definition) is 2. The van der Waals surface area contributed by atoms with Gasteiger partial charge in [-0.1, -0.05) is 51.1 Å². The second-order valence-electron chi connectivity index (χ2n) is 6.08. The summed E-state index contributed by atoms with van der Waals surface area (Å²) in [6.07, 6.45) is 3.15. The Hall–Kier alpha value is -1.35. The Bertz CT molecular complexity index is 440. The molecule has 1 aromatic rings. The fourth-order valence-corrected chi connectivity index (χ4v) is 2.67. The van der Waals surface area contributed by atoms with E-state index in [1.54, 1.807) is 0 Å². The Morgan fingerprint density at radius 1 is 1.30 bits per heavy atom. The highest BCUT2D eigenvalue weighted by atomic mass is 16.2. The summed E-state index contributed by atoms with van der Waals surface area (Å²) in [4.78, 5) is 14.8. The number of carbonyl (C=O) groups excluding carboxylic acids is 1. The number of hydrogen-bond donors (Lipinski definition) is 1. The van der Waals surface area contributed by atoms with E-state index in [1.807, 2.05) is 32.0 Å². The average molecular weight is 274 g/mol. The van der Waals surface area contributed by atoms with Gasteiger partial charge in [0.25, 0.3) is 0 Å². The smallest absolute Gasteiger partial charge is 0.240 e. The Labute approximate surface area is 122 Å². The first-order chi connectivity index (χ1) is 9.56. The molecule has 20 heavy (non-hydrogen) atoms. The summed E-state index contributed by atoms with van der Waals surface area (Å²) < 4.78 is 0. The molecule has 1 aliphatic rings. The molecule has 110 valence electrons. The summed E-state index contributed by atoms with van der Waals surface area (Å²) in [5, 5.41) is 0. The molecule has 0 spiro atoms. The van der Waals surface area contributed by atoms with E-state index in [-0.39, 0.29) is 17.9 Å². The van der Waals surface area contributed by atoms with Crippen molar-refractivity contribution in [2.75, 3.05) is 0 Å². The van der Waals surface area contributed by atoms with Crippen molar-refractivity contribution in [2.24, 2.45) is 11.7 Å². The number of rotatable bonds is 6. The molecule has 0 heterocycles. The van der Waals surface area contributed by atoms with Crippen LogP contribution in [-0.4, -0.2) is 22.9 Å². The number of carbonyl (C=O) groups is 1. The van der Waals surface area contributed by atoms with Gasteiger partial charge in [-0.3, -0.25) is 4.79 Å². The zero-order chi connectivity index (χ0) is 14.7. The van der Waals surface area contributed by atoms with Crippen LogP contribution in [0.5, 0.6) is 0 Å². The summed E-state index contributed by atoms with van der Waals surface area (Å²) in [7, 11) is 0. The molecule has 1 unspecified atom stereocenters. The fourth-order valence-electron chi connectivity index (χ4n) is 2.67. The third kappa shape index (κ3) is 3.21. The molecule has 0 bridgehead atoms. The lowest BCUT2D eigenvalue weighted by molar-refractivity contribution is -0.137. The van der Waals surface area contributed by atoms with Crippen molar-refractivity contribution in [1.82, 2.24) is 4.90 Å². The van der Waals surface area contributed by atoms with Crippen molar-refractivity contribution >= 4 is 5.91 Å². The van der Waals surface area contributed by atoms with Crippen LogP contribution in [0.3, 0.4) is 0 Å². The first-order valence-corrected chi connectivity index (χ1v) is 7.69. The maximum absolute atomic E-state index is 12.7. The summed E-state index contributed by atoms with van der Waals surface area (Å²) in [5.74, 6) is 0.287. The Morgan fingerprint density at radius 2 is 1.90 bits per heavy atom. The Morgan fingerprint density at radius 3 is 2.35 bits per heavy atom. The molecule has 1 aliphatic carbocycles. The molecule has 0 radical (unpaired) electrons. The molecule has 2 N–H and O–H groups in total. The molecule has 1 saturated carbocycles. The lowest BCUT2D eigenvalue weighted by atomic mass is 9.98. The van der Waals surface area contributed by atoms with Crippen LogP contribution in [-0.2, 0) is 4.79 Å². The van der Waals surface area contributed by atoms with E-state index in [1.165, 1.54) is 5.56 Å². The highest BCUT2D eigenvalue weighted by Crippen LogP contribution is 2.36. The van der Waals surface area contributed by atoms with Gasteiger partial charge in [0.1, 0.15) is 0 Å². The molecule has 2 atom stereocenters. The maximum Gasteiger partial charge on any atom is 0.240 e. The van der Waals surface area contributed by atoms with Gasteiger partial charge in [0.05, 0.1) is 12.1 Å². The molecule has 1 amide bonds. The zero-order valence-electron chi connectivity index (χ0n) is 12.8. The summed E-state index contributed by atoms with van der Waals surface area (Å²) >= 11 is 0. The van der Waals surface area contributed by atoms with Crippen molar-refractivity contribution in [2.45, 2.75) is 58.2 Å². The van der Waals surface area contributed by atoms with Crippen LogP contribution in [0, 0.1) is 5.92 Å². The van der Waals surface area contributed by atoms with Crippen LogP contribution < -0.4 is 5.73 Å². The predicted molar refractivity (Wildman–Crippen MR) is 82.2 cm³/mol. The molecular formula is C17H26N2O. The van der Waals surface area contributed by atoms with Crippen molar-refractivity contribution < 1.29 is 4.79 Å². The van der Waals surface area contributed by atoms with Gasteiger partial charge in [0.15, 0.2) is 0 Å². The quantitative estimate of drug-likeness (QED) is 0.866. The minimum Gasteiger partial charge on any atom is -0.331 e. The number of nitrogens with zero attached hydrogens (tertiary/aromatic N) is 1. The zero-order valence-corrected chi connectivity index (χ0v) is 12.8. The van der Waals surface area contributed by atoms with Crippen molar-refractivity contribution in [3.05, 3.63) is 35.9 Å². The summed E-state index contributed by atoms with van der Waals surface area (Å²) in [6.45, 7) is 6.16. The lowest BCUT2D eigenvalue weighted by Crippen LogP contribution is -2.48. The number of nitrogens with two attached hydrogens (primary N) is 1. The van der Waals surface area contributed by atoms with E-state index in [2.05, 4.69) is 24.0 Å². The minimum absolute atomic E-state index is 0.109. The molecular weight excluding hydrogens is 248 g/mol. The van der Waals surface area contributed by atoms with Crippen LogP contribution in [0.1, 0.15) is 51.6 Å². The largest absolute Gasteiger partial charge is 0.331 e. The Kier molecular flexibility index (Phi) is 4.81. The van der Waals surface area contributed by atoms with E-state index < -0.39 is 6.04 Å². The molecule has 2 rings (SSSR count). The monoisotopic (exact) mass is 274 g/mol. The van der Waals surface area contributed by atoms with E-state index in [0.29, 0.717) is 6.04 Å². The number of amides is 1. The van der Waals surface area contributed by atoms with Gasteiger partial charge in [-0.2, -0.15) is 0 Å². The van der Waals surface area contributed by atoms with Gasteiger partial charge in [0.2, 0.25) is 5.91 Å². The summed E-state index contributed by atoms with van der Waals surface area (Å²) in [6, 6.07) is 10.5. The highest BCUT2D eigenvalue weighted by Gasteiger charge is 2.39. The SMILES string of the molecule is CCC(c1ccccc1)N(C(=O)[C@@H](N)C(C)C)C1CC1. The van der Waals surface area contributed by atoms with E-state index in [0.717, 1.165) is 19.3 Å². The summed E-state index contributed by atoms with van der Waals surface area (Å²) in [5.41, 5.74) is 7.32. The maximum atomic E-state index is 12.7. The topological polar surface area (TPSA) is 46.3 Å². The third-order valence-corrected chi connectivity index (χ3v) is 4.10. The number of benzene rings is 1. The van der Waals surface area contributed by atoms with Crippen LogP contribution in [0.15, 0.2) is 30.3 Å². The third-order valence-electron chi connectivity index (χ3n) is 4.10. The molecule has 0 saturated heterocycles. The van der Waals surface area contributed by atoms with Crippen LogP contribution in [0.25, 0.3) is 0 Å². The second kappa shape index (κ2) is 6.40. The molecule has 3 nitrogen and oxygen atoms in total. The molecule has 0 aliphatic heterocycles. The molecule has 1 aromatic carbocycles. The first-order valence-electron chi connectivity index (χ1n) is 7.69. The molecule has 3 heteroatoms. The van der Waals surface area contributed by atoms with Crippen molar-refractivity contribution in [3.8, 4) is 0 Å². The standard InChI is InChI=1S/C17H26N2O/c1-4-15(13-8-6-5-7-9-13)19(14-10-11-14)17(20)16(18)12(2)3/h5-9,12,14-16H,4,10-11,18H2,1-3H3/t15?,16-/m0/s1.